The average molecular weight is 322 g/mol. The lowest BCUT2D eigenvalue weighted by Crippen LogP contribution is -2.40. The molecule has 0 aromatic carbocycles. The third-order valence-electron chi connectivity index (χ3n) is 3.85. The zero-order chi connectivity index (χ0) is 15.7. The number of hydrogen-bond donors (Lipinski definition) is 1. The van der Waals surface area contributed by atoms with Crippen molar-refractivity contribution in [3.8, 4) is 0 Å². The van der Waals surface area contributed by atoms with Crippen molar-refractivity contribution in [1.29, 1.82) is 0 Å². The minimum Gasteiger partial charge on any atom is -0.760 e. The Kier molecular flexibility index (Phi) is 4.19. The summed E-state index contributed by atoms with van der Waals surface area (Å²) in [6, 6.07) is 3.30. The van der Waals surface area contributed by atoms with Crippen molar-refractivity contribution in [1.82, 2.24) is 18.8 Å². The lowest BCUT2D eigenvalue weighted by Gasteiger charge is -2.32. The molecule has 22 heavy (non-hydrogen) atoms. The van der Waals surface area contributed by atoms with E-state index in [4.69, 9.17) is 0 Å². The van der Waals surface area contributed by atoms with Gasteiger partial charge in [0.2, 0.25) is 5.95 Å². The predicted molar refractivity (Wildman–Crippen MR) is 81.9 cm³/mol. The Morgan fingerprint density at radius 3 is 2.77 bits per heavy atom. The van der Waals surface area contributed by atoms with Gasteiger partial charge in [-0.15, -0.1) is 0 Å². The van der Waals surface area contributed by atoms with E-state index in [0.29, 0.717) is 37.5 Å². The summed E-state index contributed by atoms with van der Waals surface area (Å²) in [4.78, 5) is 20.3. The fourth-order valence-corrected chi connectivity index (χ4v) is 3.06. The summed E-state index contributed by atoms with van der Waals surface area (Å²) in [6.45, 7) is 0.972. The molecule has 0 radical (unpaired) electrons. The summed E-state index contributed by atoms with van der Waals surface area (Å²) in [7, 11) is 1.67. The summed E-state index contributed by atoms with van der Waals surface area (Å²) in [6.07, 6.45) is 3.07. The van der Waals surface area contributed by atoms with Gasteiger partial charge in [-0.1, -0.05) is 0 Å². The van der Waals surface area contributed by atoms with Crippen molar-refractivity contribution in [3.63, 3.8) is 0 Å². The molecule has 1 saturated heterocycles. The Balaban J connectivity index is 1.76. The van der Waals surface area contributed by atoms with E-state index in [1.165, 1.54) is 14.9 Å². The summed E-state index contributed by atoms with van der Waals surface area (Å²) in [5.41, 5.74) is 0.450. The van der Waals surface area contributed by atoms with Crippen LogP contribution in [0.25, 0.3) is 11.0 Å². The molecule has 0 amide bonds. The first kappa shape index (κ1) is 15.1. The lowest BCUT2D eigenvalue weighted by atomic mass is 10.1. The highest BCUT2D eigenvalue weighted by Gasteiger charge is 2.20. The molecule has 2 aromatic rings. The molecule has 3 heterocycles. The molecule has 3 rings (SSSR count). The molecule has 0 saturated carbocycles. The second-order valence-electron chi connectivity index (χ2n) is 5.27. The molecule has 1 unspecified atom stereocenters. The molecule has 0 bridgehead atoms. The van der Waals surface area contributed by atoms with Crippen LogP contribution in [0.15, 0.2) is 23.1 Å². The first-order chi connectivity index (χ1) is 10.5. The largest absolute Gasteiger partial charge is 0.760 e. The van der Waals surface area contributed by atoms with Gasteiger partial charge in [-0.3, -0.25) is 13.6 Å². The number of nitrogens with zero attached hydrogens (tertiary/aromatic N) is 4. The molecule has 1 fully saturated rings. The van der Waals surface area contributed by atoms with E-state index < -0.39 is 11.3 Å². The van der Waals surface area contributed by atoms with E-state index in [1.54, 1.807) is 19.3 Å². The molecule has 1 aliphatic heterocycles. The van der Waals surface area contributed by atoms with Gasteiger partial charge in [-0.2, -0.15) is 4.98 Å². The van der Waals surface area contributed by atoms with Crippen LogP contribution < -0.4 is 10.9 Å². The van der Waals surface area contributed by atoms with Gasteiger partial charge in [0.1, 0.15) is 5.65 Å². The van der Waals surface area contributed by atoms with Crippen molar-refractivity contribution in [2.45, 2.75) is 18.9 Å². The van der Waals surface area contributed by atoms with Crippen LogP contribution in [0.3, 0.4) is 0 Å². The van der Waals surface area contributed by atoms with Gasteiger partial charge in [-0.05, 0) is 18.9 Å². The smallest absolute Gasteiger partial charge is 0.251 e. The molecular formula is C13H16N5O3S-. The number of hydrogen-bond acceptors (Lipinski definition) is 6. The first-order valence-corrected chi connectivity index (χ1v) is 8.01. The number of fused-ring (bicyclic) bond motifs is 1. The first-order valence-electron chi connectivity index (χ1n) is 6.98. The molecule has 8 nitrogen and oxygen atoms in total. The second-order valence-corrected chi connectivity index (χ2v) is 6.22. The number of piperidine rings is 1. The number of aromatic nitrogens is 3. The predicted octanol–water partition coefficient (Wildman–Crippen LogP) is -0.00110. The highest BCUT2D eigenvalue weighted by molar-refractivity contribution is 7.76. The minimum absolute atomic E-state index is 0.122. The summed E-state index contributed by atoms with van der Waals surface area (Å²) in [5, 5.41) is 4.01. The quantitative estimate of drug-likeness (QED) is 0.798. The van der Waals surface area contributed by atoms with Gasteiger partial charge in [0.15, 0.2) is 0 Å². The molecule has 1 atom stereocenters. The number of aryl methyl sites for hydroxylation is 1. The van der Waals surface area contributed by atoms with Gasteiger partial charge in [-0.25, -0.2) is 9.29 Å². The average Bonchev–Trinajstić information content (AvgIpc) is 2.52. The van der Waals surface area contributed by atoms with Gasteiger partial charge >= 0.3 is 0 Å². The van der Waals surface area contributed by atoms with Crippen molar-refractivity contribution >= 4 is 28.2 Å². The van der Waals surface area contributed by atoms with E-state index in [2.05, 4.69) is 15.3 Å². The number of nitrogens with one attached hydrogen (secondary N) is 1. The Bertz CT molecular complexity index is 770. The van der Waals surface area contributed by atoms with Crippen LogP contribution in [0.2, 0.25) is 0 Å². The fourth-order valence-electron chi connectivity index (χ4n) is 2.55. The van der Waals surface area contributed by atoms with E-state index >= 15 is 0 Å². The zero-order valence-electron chi connectivity index (χ0n) is 12.1. The van der Waals surface area contributed by atoms with Crippen molar-refractivity contribution < 1.29 is 8.76 Å². The lowest BCUT2D eigenvalue weighted by molar-refractivity contribution is 0.318. The van der Waals surface area contributed by atoms with E-state index in [0.717, 1.165) is 5.39 Å². The van der Waals surface area contributed by atoms with Crippen molar-refractivity contribution in [2.24, 2.45) is 7.05 Å². The normalized spacial score (nSPS) is 18.5. The fraction of sp³-hybridized carbons (Fsp3) is 0.462. The molecule has 2 aromatic heterocycles. The molecule has 118 valence electrons. The summed E-state index contributed by atoms with van der Waals surface area (Å²) < 4.78 is 24.7. The van der Waals surface area contributed by atoms with Crippen LogP contribution in [-0.2, 0) is 18.3 Å². The Morgan fingerprint density at radius 1 is 1.36 bits per heavy atom. The van der Waals surface area contributed by atoms with Crippen LogP contribution in [0.4, 0.5) is 5.95 Å². The maximum atomic E-state index is 11.7. The Morgan fingerprint density at radius 2 is 2.09 bits per heavy atom. The highest BCUT2D eigenvalue weighted by atomic mass is 32.2. The third-order valence-corrected chi connectivity index (χ3v) is 4.63. The summed E-state index contributed by atoms with van der Waals surface area (Å²) in [5.74, 6) is 0.454. The standard InChI is InChI=1S/C13H17N5O3S/c1-17-11(19)3-2-9-8-14-13(16-12(9)17)15-10-4-6-18(7-5-10)22(20)21/h2-3,8,10H,4-7H2,1H3,(H,20,21)(H,14,15,16)/p-1. The van der Waals surface area contributed by atoms with Crippen molar-refractivity contribution in [3.05, 3.63) is 28.7 Å². The van der Waals surface area contributed by atoms with Crippen LogP contribution in [-0.4, -0.2) is 46.7 Å². The molecule has 1 aliphatic rings. The SMILES string of the molecule is Cn1c(=O)ccc2cnc(NC3CCN(S(=O)[O-])CC3)nc21. The minimum atomic E-state index is -2.15. The van der Waals surface area contributed by atoms with E-state index in [1.807, 2.05) is 0 Å². The number of rotatable bonds is 3. The second kappa shape index (κ2) is 6.11. The van der Waals surface area contributed by atoms with Crippen LogP contribution in [0, 0.1) is 0 Å². The molecule has 9 heteroatoms. The van der Waals surface area contributed by atoms with Crippen molar-refractivity contribution in [2.75, 3.05) is 18.4 Å². The molecule has 1 N–H and O–H groups in total. The maximum Gasteiger partial charge on any atom is 0.251 e. The number of anilines is 1. The van der Waals surface area contributed by atoms with Gasteiger partial charge in [0.05, 0.1) is 0 Å². The zero-order valence-corrected chi connectivity index (χ0v) is 12.9. The van der Waals surface area contributed by atoms with Gasteiger partial charge in [0.25, 0.3) is 5.56 Å². The Hall–Kier alpha value is -1.84. The van der Waals surface area contributed by atoms with Crippen LogP contribution in [0.5, 0.6) is 0 Å². The maximum absolute atomic E-state index is 11.7. The molecule has 0 spiro atoms. The van der Waals surface area contributed by atoms with Gasteiger partial charge in [0, 0.05) is 55.1 Å². The van der Waals surface area contributed by atoms with Gasteiger partial charge < -0.3 is 9.87 Å². The van der Waals surface area contributed by atoms with E-state index in [9.17, 15) is 13.6 Å². The van der Waals surface area contributed by atoms with Crippen LogP contribution >= 0.6 is 0 Å². The van der Waals surface area contributed by atoms with E-state index in [-0.39, 0.29) is 11.6 Å². The number of pyridine rings is 1. The monoisotopic (exact) mass is 322 g/mol. The Labute approximate surface area is 129 Å². The third kappa shape index (κ3) is 3.01. The molecule has 0 aliphatic carbocycles. The summed E-state index contributed by atoms with van der Waals surface area (Å²) >= 11 is -2.15. The highest BCUT2D eigenvalue weighted by Crippen LogP contribution is 2.16. The topological polar surface area (TPSA) is 103 Å². The van der Waals surface area contributed by atoms with Crippen LogP contribution in [0.1, 0.15) is 12.8 Å². The molecular weight excluding hydrogens is 306 g/mol.